The van der Waals surface area contributed by atoms with Crippen molar-refractivity contribution in [1.82, 2.24) is 5.32 Å². The van der Waals surface area contributed by atoms with E-state index in [9.17, 15) is 9.59 Å². The quantitative estimate of drug-likeness (QED) is 0.459. The number of carbonyl (C=O) groups is 2. The van der Waals surface area contributed by atoms with Gasteiger partial charge in [-0.25, -0.2) is 4.79 Å². The minimum Gasteiger partial charge on any atom is -0.478 e. The molecule has 5 nitrogen and oxygen atoms in total. The lowest BCUT2D eigenvalue weighted by Gasteiger charge is -2.08. The topological polar surface area (TPSA) is 75.6 Å². The van der Waals surface area contributed by atoms with Crippen LogP contribution in [-0.4, -0.2) is 36.7 Å². The van der Waals surface area contributed by atoms with Gasteiger partial charge in [-0.15, -0.1) is 0 Å². The lowest BCUT2D eigenvalue weighted by Crippen LogP contribution is -2.34. The van der Waals surface area contributed by atoms with Crippen LogP contribution in [0.5, 0.6) is 0 Å². The van der Waals surface area contributed by atoms with Crippen molar-refractivity contribution in [1.29, 1.82) is 0 Å². The van der Waals surface area contributed by atoms with E-state index in [1.165, 1.54) is 13.2 Å². The summed E-state index contributed by atoms with van der Waals surface area (Å²) in [5.41, 5.74) is 0. The van der Waals surface area contributed by atoms with Gasteiger partial charge >= 0.3 is 11.9 Å². The van der Waals surface area contributed by atoms with E-state index in [1.807, 2.05) is 0 Å². The van der Waals surface area contributed by atoms with E-state index in [-0.39, 0.29) is 5.97 Å². The summed E-state index contributed by atoms with van der Waals surface area (Å²) in [6.07, 6.45) is 2.43. The molecule has 0 bridgehead atoms. The molecule has 0 aliphatic carbocycles. The van der Waals surface area contributed by atoms with E-state index in [1.54, 1.807) is 6.92 Å². The van der Waals surface area contributed by atoms with Crippen LogP contribution in [0, 0.1) is 0 Å². The number of carboxylic acids is 1. The van der Waals surface area contributed by atoms with Crippen LogP contribution in [0.2, 0.25) is 0 Å². The first kappa shape index (κ1) is 11.6. The summed E-state index contributed by atoms with van der Waals surface area (Å²) in [5.74, 6) is -1.38. The highest BCUT2D eigenvalue weighted by atomic mass is 16.5. The molecule has 1 unspecified atom stereocenters. The zero-order chi connectivity index (χ0) is 10.3. The van der Waals surface area contributed by atoms with Crippen molar-refractivity contribution in [2.75, 3.05) is 13.7 Å². The summed E-state index contributed by atoms with van der Waals surface area (Å²) in [6, 6.07) is -0.427. The van der Waals surface area contributed by atoms with E-state index in [4.69, 9.17) is 5.11 Å². The van der Waals surface area contributed by atoms with Crippen molar-refractivity contribution >= 4 is 11.9 Å². The molecule has 1 atom stereocenters. The average Bonchev–Trinajstić information content (AvgIpc) is 2.10. The Bertz CT molecular complexity index is 212. The first-order chi connectivity index (χ1) is 6.07. The van der Waals surface area contributed by atoms with Crippen LogP contribution in [0.15, 0.2) is 12.2 Å². The Balaban J connectivity index is 3.64. The minimum atomic E-state index is -1.01. The number of carboxylic acid groups (broad SMARTS) is 1. The molecule has 0 fully saturated rings. The summed E-state index contributed by atoms with van der Waals surface area (Å²) in [7, 11) is 1.30. The molecule has 0 aliphatic heterocycles. The van der Waals surface area contributed by atoms with Crippen molar-refractivity contribution in [2.24, 2.45) is 0 Å². The van der Waals surface area contributed by atoms with E-state index < -0.39 is 12.0 Å². The fourth-order valence-corrected chi connectivity index (χ4v) is 0.665. The van der Waals surface area contributed by atoms with Gasteiger partial charge in [-0.2, -0.15) is 0 Å². The second-order valence-corrected chi connectivity index (χ2v) is 2.39. The number of hydrogen-bond acceptors (Lipinski definition) is 4. The zero-order valence-electron chi connectivity index (χ0n) is 7.61. The maximum Gasteiger partial charge on any atom is 0.328 e. The van der Waals surface area contributed by atoms with E-state index in [0.717, 1.165) is 6.08 Å². The van der Waals surface area contributed by atoms with E-state index in [0.29, 0.717) is 6.54 Å². The molecule has 0 aromatic heterocycles. The maximum atomic E-state index is 10.8. The molecule has 0 aliphatic rings. The Hall–Kier alpha value is -1.36. The molecule has 0 saturated carbocycles. The highest BCUT2D eigenvalue weighted by Gasteiger charge is 2.09. The van der Waals surface area contributed by atoms with Crippen LogP contribution in [0.1, 0.15) is 6.92 Å². The summed E-state index contributed by atoms with van der Waals surface area (Å²) in [6.45, 7) is 1.96. The molecule has 5 heteroatoms. The second-order valence-electron chi connectivity index (χ2n) is 2.39. The predicted octanol–water partition coefficient (Wildman–Crippen LogP) is -0.222. The van der Waals surface area contributed by atoms with Crippen molar-refractivity contribution in [2.45, 2.75) is 13.0 Å². The highest BCUT2D eigenvalue weighted by Crippen LogP contribution is 1.84. The third-order valence-corrected chi connectivity index (χ3v) is 1.36. The smallest absolute Gasteiger partial charge is 0.328 e. The Labute approximate surface area is 76.4 Å². The van der Waals surface area contributed by atoms with E-state index in [2.05, 4.69) is 10.1 Å². The van der Waals surface area contributed by atoms with Gasteiger partial charge in [-0.1, -0.05) is 6.08 Å². The molecule has 0 saturated heterocycles. The van der Waals surface area contributed by atoms with Crippen LogP contribution < -0.4 is 5.32 Å². The summed E-state index contributed by atoms with van der Waals surface area (Å²) < 4.78 is 4.45. The van der Waals surface area contributed by atoms with Gasteiger partial charge in [0.05, 0.1) is 7.11 Å². The Morgan fingerprint density at radius 2 is 2.23 bits per heavy atom. The molecule has 74 valence electrons. The molecular formula is C8H13NO4. The SMILES string of the molecule is COC(=O)C(C)NC/C=C/C(=O)O. The van der Waals surface area contributed by atoms with Gasteiger partial charge in [0.1, 0.15) is 6.04 Å². The number of hydrogen-bond donors (Lipinski definition) is 2. The summed E-state index contributed by atoms with van der Waals surface area (Å²) in [4.78, 5) is 20.8. The van der Waals surface area contributed by atoms with Gasteiger partial charge in [0.25, 0.3) is 0 Å². The van der Waals surface area contributed by atoms with Gasteiger partial charge in [-0.05, 0) is 6.92 Å². The number of rotatable bonds is 5. The van der Waals surface area contributed by atoms with Crippen LogP contribution in [0.4, 0.5) is 0 Å². The molecule has 0 aromatic carbocycles. The van der Waals surface area contributed by atoms with Crippen LogP contribution in [0.25, 0.3) is 0 Å². The average molecular weight is 187 g/mol. The minimum absolute atomic E-state index is 0.322. The molecule has 0 amide bonds. The molecule has 0 heterocycles. The van der Waals surface area contributed by atoms with Gasteiger partial charge in [0.2, 0.25) is 0 Å². The molecule has 0 spiro atoms. The standard InChI is InChI=1S/C8H13NO4/c1-6(8(12)13-2)9-5-3-4-7(10)11/h3-4,6,9H,5H2,1-2H3,(H,10,11)/b4-3+. The van der Waals surface area contributed by atoms with Crippen molar-refractivity contribution < 1.29 is 19.4 Å². The zero-order valence-corrected chi connectivity index (χ0v) is 7.61. The van der Waals surface area contributed by atoms with Gasteiger partial charge in [0, 0.05) is 12.6 Å². The first-order valence-corrected chi connectivity index (χ1v) is 3.78. The third kappa shape index (κ3) is 5.86. The number of esters is 1. The van der Waals surface area contributed by atoms with Crippen molar-refractivity contribution in [3.63, 3.8) is 0 Å². The second kappa shape index (κ2) is 6.19. The molecule has 2 N–H and O–H groups in total. The lowest BCUT2D eigenvalue weighted by molar-refractivity contribution is -0.142. The predicted molar refractivity (Wildman–Crippen MR) is 46.3 cm³/mol. The fourth-order valence-electron chi connectivity index (χ4n) is 0.665. The largest absolute Gasteiger partial charge is 0.478 e. The maximum absolute atomic E-state index is 10.8. The fraction of sp³-hybridized carbons (Fsp3) is 0.500. The van der Waals surface area contributed by atoms with Crippen LogP contribution in [0.3, 0.4) is 0 Å². The van der Waals surface area contributed by atoms with Crippen molar-refractivity contribution in [3.05, 3.63) is 12.2 Å². The molecule has 0 aromatic rings. The van der Waals surface area contributed by atoms with Gasteiger partial charge < -0.3 is 15.2 Å². The number of nitrogens with one attached hydrogen (secondary N) is 1. The summed E-state index contributed by atoms with van der Waals surface area (Å²) >= 11 is 0. The van der Waals surface area contributed by atoms with Gasteiger partial charge in [-0.3, -0.25) is 4.79 Å². The van der Waals surface area contributed by atoms with E-state index >= 15 is 0 Å². The number of carbonyl (C=O) groups excluding carboxylic acids is 1. The Morgan fingerprint density at radius 1 is 1.62 bits per heavy atom. The lowest BCUT2D eigenvalue weighted by atomic mass is 10.3. The molecule has 13 heavy (non-hydrogen) atoms. The summed E-state index contributed by atoms with van der Waals surface area (Å²) in [5, 5.41) is 11.0. The molecule has 0 radical (unpaired) electrons. The third-order valence-electron chi connectivity index (χ3n) is 1.36. The first-order valence-electron chi connectivity index (χ1n) is 3.78. The highest BCUT2D eigenvalue weighted by molar-refractivity contribution is 5.79. The number of methoxy groups -OCH3 is 1. The normalized spacial score (nSPS) is 12.8. The number of aliphatic carboxylic acids is 1. The monoisotopic (exact) mass is 187 g/mol. The molecular weight excluding hydrogens is 174 g/mol. The Kier molecular flexibility index (Phi) is 5.54. The van der Waals surface area contributed by atoms with Crippen molar-refractivity contribution in [3.8, 4) is 0 Å². The molecule has 0 rings (SSSR count). The van der Waals surface area contributed by atoms with Gasteiger partial charge in [0.15, 0.2) is 0 Å². The van der Waals surface area contributed by atoms with Crippen LogP contribution >= 0.6 is 0 Å². The Morgan fingerprint density at radius 3 is 2.69 bits per heavy atom. The van der Waals surface area contributed by atoms with Crippen LogP contribution in [-0.2, 0) is 14.3 Å². The number of ether oxygens (including phenoxy) is 1.